The van der Waals surface area contributed by atoms with E-state index in [9.17, 15) is 4.79 Å². The van der Waals surface area contributed by atoms with Gasteiger partial charge in [-0.25, -0.2) is 4.99 Å². The van der Waals surface area contributed by atoms with Gasteiger partial charge in [0.1, 0.15) is 5.75 Å². The molecule has 8 nitrogen and oxygen atoms in total. The van der Waals surface area contributed by atoms with Crippen molar-refractivity contribution in [1.82, 2.24) is 25.7 Å². The number of benzene rings is 1. The molecule has 3 rings (SSSR count). The van der Waals surface area contributed by atoms with Gasteiger partial charge in [-0.05, 0) is 63.8 Å². The van der Waals surface area contributed by atoms with Crippen molar-refractivity contribution in [1.29, 1.82) is 0 Å². The molecule has 0 spiro atoms. The lowest BCUT2D eigenvalue weighted by Gasteiger charge is -2.12. The van der Waals surface area contributed by atoms with Gasteiger partial charge in [-0.3, -0.25) is 9.48 Å². The Kier molecular flexibility index (Phi) is 10.8. The second kappa shape index (κ2) is 13.3. The number of aryl methyl sites for hydroxylation is 3. The first kappa shape index (κ1) is 26.0. The Labute approximate surface area is 207 Å². The van der Waals surface area contributed by atoms with Crippen LogP contribution in [0.1, 0.15) is 43.1 Å². The molecule has 3 N–H and O–H groups in total. The van der Waals surface area contributed by atoms with E-state index >= 15 is 0 Å². The van der Waals surface area contributed by atoms with Gasteiger partial charge >= 0.3 is 0 Å². The zero-order valence-corrected chi connectivity index (χ0v) is 21.5. The molecule has 1 aliphatic rings. The highest BCUT2D eigenvalue weighted by Gasteiger charge is 2.23. The maximum Gasteiger partial charge on any atom is 0.258 e. The fourth-order valence-electron chi connectivity index (χ4n) is 3.23. The van der Waals surface area contributed by atoms with Gasteiger partial charge in [0.2, 0.25) is 0 Å². The van der Waals surface area contributed by atoms with Crippen molar-refractivity contribution in [3.8, 4) is 5.75 Å². The molecular weight excluding hydrogens is 519 g/mol. The molecule has 9 heteroatoms. The van der Waals surface area contributed by atoms with Gasteiger partial charge in [-0.15, -0.1) is 24.0 Å². The van der Waals surface area contributed by atoms with Crippen LogP contribution in [0.4, 0.5) is 0 Å². The number of carbonyl (C=O) groups excluding carboxylic acids is 1. The van der Waals surface area contributed by atoms with E-state index in [1.165, 1.54) is 5.69 Å². The third-order valence-electron chi connectivity index (χ3n) is 4.92. The summed E-state index contributed by atoms with van der Waals surface area (Å²) < 4.78 is 7.66. The van der Waals surface area contributed by atoms with Crippen LogP contribution in [0.2, 0.25) is 0 Å². The minimum atomic E-state index is -0.0648. The summed E-state index contributed by atoms with van der Waals surface area (Å²) in [6.45, 7) is 9.19. The lowest BCUT2D eigenvalue weighted by Crippen LogP contribution is -2.38. The Balaban J connectivity index is 0.00000363. The first-order valence-corrected chi connectivity index (χ1v) is 11.1. The summed E-state index contributed by atoms with van der Waals surface area (Å²) in [5, 5.41) is 14.1. The highest BCUT2D eigenvalue weighted by molar-refractivity contribution is 14.0. The van der Waals surface area contributed by atoms with Crippen LogP contribution in [0.25, 0.3) is 0 Å². The number of nitrogens with zero attached hydrogens (tertiary/aromatic N) is 3. The van der Waals surface area contributed by atoms with E-state index < -0.39 is 0 Å². The number of halogens is 1. The van der Waals surface area contributed by atoms with E-state index in [-0.39, 0.29) is 36.5 Å². The topological polar surface area (TPSA) is 92.6 Å². The highest BCUT2D eigenvalue weighted by Crippen LogP contribution is 2.18. The summed E-state index contributed by atoms with van der Waals surface area (Å²) in [5.41, 5.74) is 3.26. The second-order valence-corrected chi connectivity index (χ2v) is 7.90. The van der Waals surface area contributed by atoms with Gasteiger partial charge in [0.25, 0.3) is 5.91 Å². The molecule has 0 saturated heterocycles. The summed E-state index contributed by atoms with van der Waals surface area (Å²) in [7, 11) is 0. The average molecular weight is 554 g/mol. The highest BCUT2D eigenvalue weighted by atomic mass is 127. The molecule has 1 fully saturated rings. The van der Waals surface area contributed by atoms with Gasteiger partial charge in [0.15, 0.2) is 12.6 Å². The van der Waals surface area contributed by atoms with Crippen LogP contribution < -0.4 is 20.7 Å². The Morgan fingerprint density at radius 2 is 2.06 bits per heavy atom. The number of rotatable bonds is 11. The molecule has 0 bridgehead atoms. The molecular formula is C23H35IN6O2. The van der Waals surface area contributed by atoms with Gasteiger partial charge in [0, 0.05) is 31.4 Å². The van der Waals surface area contributed by atoms with Crippen LogP contribution in [0.3, 0.4) is 0 Å². The second-order valence-electron chi connectivity index (χ2n) is 7.90. The zero-order chi connectivity index (χ0) is 22.1. The maximum absolute atomic E-state index is 11.8. The number of amides is 1. The van der Waals surface area contributed by atoms with Crippen LogP contribution >= 0.6 is 24.0 Å². The number of ether oxygens (including phenoxy) is 1. The maximum atomic E-state index is 11.8. The van der Waals surface area contributed by atoms with Crippen molar-refractivity contribution in [2.75, 3.05) is 19.7 Å². The molecule has 176 valence electrons. The summed E-state index contributed by atoms with van der Waals surface area (Å²) in [6, 6.07) is 10.2. The fraction of sp³-hybridized carbons (Fsp3) is 0.522. The standard InChI is InChI=1S/C23H34N6O2.HI/c1-4-24-23(25-11-6-12-29-18(3)13-17(2)28-29)26-15-19-7-5-8-21(14-19)31-16-22(30)27-20-9-10-20;/h5,7-8,13-14,20H,4,6,9-12,15-16H2,1-3H3,(H,27,30)(H2,24,25,26);1H. The number of nitrogens with one attached hydrogen (secondary N) is 3. The smallest absolute Gasteiger partial charge is 0.258 e. The van der Waals surface area contributed by atoms with Gasteiger partial charge in [0.05, 0.1) is 12.2 Å². The molecule has 0 radical (unpaired) electrons. The normalized spacial score (nSPS) is 13.3. The Hall–Kier alpha value is -2.30. The van der Waals surface area contributed by atoms with E-state index in [1.54, 1.807) is 0 Å². The number of aliphatic imine (C=N–C) groups is 1. The van der Waals surface area contributed by atoms with Crippen LogP contribution in [0.5, 0.6) is 5.75 Å². The number of aromatic nitrogens is 2. The molecule has 0 atom stereocenters. The van der Waals surface area contributed by atoms with Crippen LogP contribution in [-0.4, -0.2) is 47.4 Å². The first-order chi connectivity index (χ1) is 15.0. The SMILES string of the molecule is CCNC(=NCc1cccc(OCC(=O)NC2CC2)c1)NCCCn1nc(C)cc1C.I. The minimum absolute atomic E-state index is 0. The molecule has 0 unspecified atom stereocenters. The molecule has 1 aromatic carbocycles. The third kappa shape index (κ3) is 9.05. The van der Waals surface area contributed by atoms with Crippen molar-refractivity contribution < 1.29 is 9.53 Å². The number of hydrogen-bond acceptors (Lipinski definition) is 4. The molecule has 1 aliphatic carbocycles. The van der Waals surface area contributed by atoms with E-state index in [2.05, 4.69) is 39.0 Å². The largest absolute Gasteiger partial charge is 0.484 e. The first-order valence-electron chi connectivity index (χ1n) is 11.1. The fourth-order valence-corrected chi connectivity index (χ4v) is 3.23. The summed E-state index contributed by atoms with van der Waals surface area (Å²) in [6.07, 6.45) is 3.10. The summed E-state index contributed by atoms with van der Waals surface area (Å²) in [4.78, 5) is 16.5. The summed E-state index contributed by atoms with van der Waals surface area (Å²) >= 11 is 0. The predicted octanol–water partition coefficient (Wildman–Crippen LogP) is 2.92. The Morgan fingerprint density at radius 1 is 1.25 bits per heavy atom. The monoisotopic (exact) mass is 554 g/mol. The molecule has 32 heavy (non-hydrogen) atoms. The number of carbonyl (C=O) groups is 1. The lowest BCUT2D eigenvalue weighted by atomic mass is 10.2. The van der Waals surface area contributed by atoms with Gasteiger partial charge in [-0.1, -0.05) is 12.1 Å². The zero-order valence-electron chi connectivity index (χ0n) is 19.2. The molecule has 1 saturated carbocycles. The average Bonchev–Trinajstić information content (AvgIpc) is 3.50. The van der Waals surface area contributed by atoms with Gasteiger partial charge in [-0.2, -0.15) is 5.10 Å². The van der Waals surface area contributed by atoms with E-state index in [0.717, 1.165) is 56.1 Å². The van der Waals surface area contributed by atoms with Crippen molar-refractivity contribution in [2.45, 2.75) is 59.2 Å². The molecule has 1 aromatic heterocycles. The van der Waals surface area contributed by atoms with E-state index in [4.69, 9.17) is 4.74 Å². The van der Waals surface area contributed by atoms with E-state index in [0.29, 0.717) is 18.3 Å². The third-order valence-corrected chi connectivity index (χ3v) is 4.92. The number of hydrogen-bond donors (Lipinski definition) is 3. The van der Waals surface area contributed by atoms with Crippen molar-refractivity contribution >= 4 is 35.8 Å². The quantitative estimate of drug-likeness (QED) is 0.172. The van der Waals surface area contributed by atoms with Crippen molar-refractivity contribution in [3.63, 3.8) is 0 Å². The molecule has 1 heterocycles. The molecule has 1 amide bonds. The van der Waals surface area contributed by atoms with Crippen LogP contribution in [-0.2, 0) is 17.9 Å². The number of guanidine groups is 1. The van der Waals surface area contributed by atoms with E-state index in [1.807, 2.05) is 42.8 Å². The predicted molar refractivity (Wildman–Crippen MR) is 138 cm³/mol. The minimum Gasteiger partial charge on any atom is -0.484 e. The van der Waals surface area contributed by atoms with Crippen LogP contribution in [0, 0.1) is 13.8 Å². The van der Waals surface area contributed by atoms with Crippen LogP contribution in [0.15, 0.2) is 35.3 Å². The summed E-state index contributed by atoms with van der Waals surface area (Å²) in [5.74, 6) is 1.40. The molecule has 0 aliphatic heterocycles. The lowest BCUT2D eigenvalue weighted by molar-refractivity contribution is -0.123. The molecule has 2 aromatic rings. The van der Waals surface area contributed by atoms with Gasteiger partial charge < -0.3 is 20.7 Å². The Morgan fingerprint density at radius 3 is 2.75 bits per heavy atom. The van der Waals surface area contributed by atoms with Crippen molar-refractivity contribution in [2.24, 2.45) is 4.99 Å². The Bertz CT molecular complexity index is 894. The van der Waals surface area contributed by atoms with Crippen molar-refractivity contribution in [3.05, 3.63) is 47.3 Å².